The van der Waals surface area contributed by atoms with Crippen molar-refractivity contribution in [2.24, 2.45) is 5.84 Å². The van der Waals surface area contributed by atoms with E-state index in [0.717, 1.165) is 12.1 Å². The molecule has 0 aliphatic carbocycles. The van der Waals surface area contributed by atoms with Crippen LogP contribution in [-0.2, 0) is 0 Å². The number of aromatic nitrogens is 5. The second-order valence-electron chi connectivity index (χ2n) is 3.71. The quantitative estimate of drug-likeness (QED) is 0.516. The number of nitrogen functional groups attached to an aromatic ring is 1. The molecule has 19 heavy (non-hydrogen) atoms. The summed E-state index contributed by atoms with van der Waals surface area (Å²) in [5.74, 6) is 5.79. The maximum atomic E-state index is 5.38. The normalized spacial score (nSPS) is 10.3. The largest absolute Gasteiger partial charge is 0.463 e. The Hall–Kier alpha value is -2.42. The van der Waals surface area contributed by atoms with Crippen LogP contribution in [0.25, 0.3) is 0 Å². The van der Waals surface area contributed by atoms with Gasteiger partial charge in [-0.05, 0) is 13.3 Å². The number of rotatable bonds is 6. The predicted octanol–water partition coefficient (Wildman–Crippen LogP) is 0.770. The molecule has 0 aliphatic rings. The molecular formula is C10H15N7O2. The highest BCUT2D eigenvalue weighted by Gasteiger charge is 2.10. The minimum Gasteiger partial charge on any atom is -0.463 e. The van der Waals surface area contributed by atoms with Gasteiger partial charge in [0.1, 0.15) is 0 Å². The van der Waals surface area contributed by atoms with Crippen LogP contribution in [0, 0.1) is 6.92 Å². The molecule has 0 aliphatic heterocycles. The van der Waals surface area contributed by atoms with E-state index in [4.69, 9.17) is 15.3 Å². The maximum Gasteiger partial charge on any atom is 0.331 e. The molecule has 2 aromatic rings. The number of H-pyrrole nitrogens is 1. The first kappa shape index (κ1) is 13.0. The Kier molecular flexibility index (Phi) is 4.08. The highest BCUT2D eigenvalue weighted by atomic mass is 16.5. The van der Waals surface area contributed by atoms with Crippen molar-refractivity contribution >= 4 is 5.95 Å². The summed E-state index contributed by atoms with van der Waals surface area (Å²) in [5, 5.41) is 6.67. The van der Waals surface area contributed by atoms with Gasteiger partial charge in [-0.25, -0.2) is 5.84 Å². The lowest BCUT2D eigenvalue weighted by Gasteiger charge is -2.06. The molecule has 0 bridgehead atoms. The van der Waals surface area contributed by atoms with E-state index in [1.165, 1.54) is 0 Å². The van der Waals surface area contributed by atoms with Crippen molar-refractivity contribution in [3.05, 3.63) is 11.8 Å². The van der Waals surface area contributed by atoms with Crippen molar-refractivity contribution in [2.45, 2.75) is 20.3 Å². The molecule has 2 aromatic heterocycles. The number of nitrogens with two attached hydrogens (primary N) is 1. The fourth-order valence-electron chi connectivity index (χ4n) is 1.24. The van der Waals surface area contributed by atoms with Gasteiger partial charge >= 0.3 is 12.0 Å². The predicted molar refractivity (Wildman–Crippen MR) is 66.8 cm³/mol. The Labute approximate surface area is 109 Å². The second kappa shape index (κ2) is 5.96. The van der Waals surface area contributed by atoms with Gasteiger partial charge in [-0.2, -0.15) is 9.97 Å². The van der Waals surface area contributed by atoms with Crippen LogP contribution in [0.5, 0.6) is 17.9 Å². The lowest BCUT2D eigenvalue weighted by atomic mass is 10.5. The molecule has 0 spiro atoms. The fourth-order valence-corrected chi connectivity index (χ4v) is 1.24. The zero-order chi connectivity index (χ0) is 13.7. The molecule has 2 heterocycles. The fraction of sp³-hybridized carbons (Fsp3) is 0.400. The Bertz CT molecular complexity index is 542. The lowest BCUT2D eigenvalue weighted by molar-refractivity contribution is 0.284. The molecule has 0 fully saturated rings. The Balaban J connectivity index is 2.18. The Morgan fingerprint density at radius 1 is 1.32 bits per heavy atom. The van der Waals surface area contributed by atoms with Gasteiger partial charge in [0.15, 0.2) is 0 Å². The highest BCUT2D eigenvalue weighted by molar-refractivity contribution is 5.27. The third-order valence-electron chi connectivity index (χ3n) is 2.04. The first-order chi connectivity index (χ1) is 9.21. The van der Waals surface area contributed by atoms with E-state index in [2.05, 4.69) is 30.6 Å². The highest BCUT2D eigenvalue weighted by Crippen LogP contribution is 2.18. The second-order valence-corrected chi connectivity index (χ2v) is 3.71. The van der Waals surface area contributed by atoms with Crippen LogP contribution in [0.4, 0.5) is 5.95 Å². The van der Waals surface area contributed by atoms with Gasteiger partial charge in [0.25, 0.3) is 0 Å². The summed E-state index contributed by atoms with van der Waals surface area (Å²) in [6.07, 6.45) is 0.839. The maximum absolute atomic E-state index is 5.38. The zero-order valence-corrected chi connectivity index (χ0v) is 10.7. The van der Waals surface area contributed by atoms with Gasteiger partial charge in [-0.15, -0.1) is 10.1 Å². The number of hydrogen-bond donors (Lipinski definition) is 3. The minimum atomic E-state index is 0.0561. The van der Waals surface area contributed by atoms with Crippen molar-refractivity contribution in [3.8, 4) is 17.9 Å². The van der Waals surface area contributed by atoms with Crippen LogP contribution < -0.4 is 20.7 Å². The van der Waals surface area contributed by atoms with Gasteiger partial charge in [0, 0.05) is 11.8 Å². The van der Waals surface area contributed by atoms with Crippen molar-refractivity contribution < 1.29 is 9.47 Å². The smallest absolute Gasteiger partial charge is 0.331 e. The van der Waals surface area contributed by atoms with Crippen LogP contribution in [0.15, 0.2) is 6.07 Å². The lowest BCUT2D eigenvalue weighted by Crippen LogP contribution is -2.13. The van der Waals surface area contributed by atoms with Crippen LogP contribution in [0.3, 0.4) is 0 Å². The molecule has 9 heteroatoms. The minimum absolute atomic E-state index is 0.0561. The Morgan fingerprint density at radius 2 is 2.11 bits per heavy atom. The molecule has 0 amide bonds. The van der Waals surface area contributed by atoms with Gasteiger partial charge in [-0.1, -0.05) is 6.92 Å². The molecule has 0 unspecified atom stereocenters. The number of ether oxygens (including phenoxy) is 2. The number of nitrogens with zero attached hydrogens (tertiary/aromatic N) is 4. The summed E-state index contributed by atoms with van der Waals surface area (Å²) in [7, 11) is 0. The van der Waals surface area contributed by atoms with E-state index in [-0.39, 0.29) is 18.0 Å². The van der Waals surface area contributed by atoms with Crippen molar-refractivity contribution in [1.29, 1.82) is 0 Å². The third-order valence-corrected chi connectivity index (χ3v) is 2.04. The van der Waals surface area contributed by atoms with E-state index in [1.54, 1.807) is 6.07 Å². The molecule has 0 aromatic carbocycles. The standard InChI is InChI=1S/C10H15N7O2/c1-3-4-18-9-12-8(15-11)13-10(14-9)19-7-5-6(2)16-17-7/h5H,3-4,11H2,1-2H3,(H,16,17)(H,12,13,14,15). The number of hydrazine groups is 1. The summed E-state index contributed by atoms with van der Waals surface area (Å²) in [6.45, 7) is 4.33. The molecule has 102 valence electrons. The van der Waals surface area contributed by atoms with Gasteiger partial charge in [-0.3, -0.25) is 10.5 Å². The molecule has 2 rings (SSSR count). The molecule has 0 saturated heterocycles. The number of aromatic amines is 1. The average molecular weight is 265 g/mol. The van der Waals surface area contributed by atoms with E-state index in [9.17, 15) is 0 Å². The van der Waals surface area contributed by atoms with E-state index in [0.29, 0.717) is 12.5 Å². The van der Waals surface area contributed by atoms with Crippen LogP contribution in [0.2, 0.25) is 0 Å². The van der Waals surface area contributed by atoms with Crippen molar-refractivity contribution in [3.63, 3.8) is 0 Å². The molecule has 0 radical (unpaired) electrons. The van der Waals surface area contributed by atoms with Gasteiger partial charge in [0.05, 0.1) is 6.61 Å². The van der Waals surface area contributed by atoms with Crippen molar-refractivity contribution in [1.82, 2.24) is 25.1 Å². The monoisotopic (exact) mass is 265 g/mol. The molecular weight excluding hydrogens is 250 g/mol. The average Bonchev–Trinajstić information content (AvgIpc) is 2.81. The van der Waals surface area contributed by atoms with E-state index < -0.39 is 0 Å². The number of nitrogens with one attached hydrogen (secondary N) is 2. The third kappa shape index (κ3) is 3.52. The first-order valence-corrected chi connectivity index (χ1v) is 5.76. The Morgan fingerprint density at radius 3 is 2.74 bits per heavy atom. The summed E-state index contributed by atoms with van der Waals surface area (Å²) in [4.78, 5) is 11.9. The van der Waals surface area contributed by atoms with Crippen LogP contribution >= 0.6 is 0 Å². The van der Waals surface area contributed by atoms with E-state index >= 15 is 0 Å². The number of anilines is 1. The van der Waals surface area contributed by atoms with Crippen LogP contribution in [-0.4, -0.2) is 31.8 Å². The zero-order valence-electron chi connectivity index (χ0n) is 10.7. The summed E-state index contributed by atoms with van der Waals surface area (Å²) in [5.41, 5.74) is 3.19. The van der Waals surface area contributed by atoms with E-state index in [1.807, 2.05) is 13.8 Å². The molecule has 0 atom stereocenters. The molecule has 9 nitrogen and oxygen atoms in total. The van der Waals surface area contributed by atoms with Crippen molar-refractivity contribution in [2.75, 3.05) is 12.0 Å². The summed E-state index contributed by atoms with van der Waals surface area (Å²) in [6, 6.07) is 1.92. The summed E-state index contributed by atoms with van der Waals surface area (Å²) >= 11 is 0. The molecule has 4 N–H and O–H groups in total. The number of aryl methyl sites for hydroxylation is 1. The first-order valence-electron chi connectivity index (χ1n) is 5.76. The molecule has 0 saturated carbocycles. The summed E-state index contributed by atoms with van der Waals surface area (Å²) < 4.78 is 10.7. The van der Waals surface area contributed by atoms with Gasteiger partial charge in [0.2, 0.25) is 11.8 Å². The SMILES string of the molecule is CCCOc1nc(NN)nc(Oc2cc(C)[nH]n2)n1. The van der Waals surface area contributed by atoms with Gasteiger partial charge < -0.3 is 9.47 Å². The topological polar surface area (TPSA) is 124 Å². The van der Waals surface area contributed by atoms with Crippen LogP contribution in [0.1, 0.15) is 19.0 Å². The number of hydrogen-bond acceptors (Lipinski definition) is 8.